The van der Waals surface area contributed by atoms with Gasteiger partial charge in [-0.3, -0.25) is 10.1 Å². The first-order chi connectivity index (χ1) is 9.82. The van der Waals surface area contributed by atoms with E-state index in [0.717, 1.165) is 12.1 Å². The number of rotatable bonds is 5. The van der Waals surface area contributed by atoms with E-state index in [4.69, 9.17) is 10.5 Å². The predicted octanol–water partition coefficient (Wildman–Crippen LogP) is 0.381. The molecule has 0 saturated carbocycles. The van der Waals surface area contributed by atoms with Crippen LogP contribution in [0.25, 0.3) is 0 Å². The molecule has 21 heavy (non-hydrogen) atoms. The van der Waals surface area contributed by atoms with Crippen LogP contribution in [0.1, 0.15) is 12.8 Å². The van der Waals surface area contributed by atoms with Crippen LogP contribution in [0, 0.1) is 10.1 Å². The second-order valence-corrected chi connectivity index (χ2v) is 6.82. The summed E-state index contributed by atoms with van der Waals surface area (Å²) in [5.74, 6) is 0. The van der Waals surface area contributed by atoms with Gasteiger partial charge in [-0.05, 0) is 25.0 Å². The Labute approximate surface area is 122 Å². The Morgan fingerprint density at radius 2 is 1.86 bits per heavy atom. The van der Waals surface area contributed by atoms with E-state index in [2.05, 4.69) is 4.72 Å². The molecule has 0 atom stereocenters. The van der Waals surface area contributed by atoms with E-state index in [1.807, 2.05) is 0 Å². The highest BCUT2D eigenvalue weighted by Gasteiger charge is 2.30. The number of nitrogens with zero attached hydrogens (tertiary/aromatic N) is 1. The summed E-state index contributed by atoms with van der Waals surface area (Å²) in [6, 6.07) is 4.71. The maximum Gasteiger partial charge on any atom is 0.269 e. The molecule has 0 aromatic heterocycles. The largest absolute Gasteiger partial charge is 0.381 e. The summed E-state index contributed by atoms with van der Waals surface area (Å²) < 4.78 is 31.9. The fourth-order valence-corrected chi connectivity index (χ4v) is 3.16. The minimum absolute atomic E-state index is 0.0243. The first kappa shape index (κ1) is 15.8. The molecule has 3 N–H and O–H groups in total. The second kappa shape index (κ2) is 6.06. The predicted molar refractivity (Wildman–Crippen MR) is 75.3 cm³/mol. The van der Waals surface area contributed by atoms with Crippen molar-refractivity contribution in [2.45, 2.75) is 23.3 Å². The molecule has 0 unspecified atom stereocenters. The number of nitrogens with one attached hydrogen (secondary N) is 1. The highest BCUT2D eigenvalue weighted by Crippen LogP contribution is 2.19. The molecule has 0 aliphatic carbocycles. The number of benzene rings is 1. The van der Waals surface area contributed by atoms with Crippen molar-refractivity contribution < 1.29 is 18.1 Å². The van der Waals surface area contributed by atoms with Crippen LogP contribution in [0.15, 0.2) is 29.2 Å². The third-order valence-corrected chi connectivity index (χ3v) is 4.88. The fourth-order valence-electron chi connectivity index (χ4n) is 2.02. The maximum absolute atomic E-state index is 12.1. The van der Waals surface area contributed by atoms with Crippen LogP contribution < -0.4 is 10.5 Å². The lowest BCUT2D eigenvalue weighted by Crippen LogP contribution is -2.53. The maximum atomic E-state index is 12.1. The van der Waals surface area contributed by atoms with Crippen LogP contribution in [0.2, 0.25) is 0 Å². The van der Waals surface area contributed by atoms with E-state index in [0.29, 0.717) is 26.1 Å². The number of nitro groups is 1. The van der Waals surface area contributed by atoms with Crippen LogP contribution >= 0.6 is 0 Å². The summed E-state index contributed by atoms with van der Waals surface area (Å²) >= 11 is 0. The molecule has 1 aliphatic heterocycles. The fraction of sp³-hybridized carbons (Fsp3) is 0.500. The highest BCUT2D eigenvalue weighted by molar-refractivity contribution is 7.89. The minimum atomic E-state index is -3.73. The Bertz CT molecular complexity index is 608. The number of nitro benzene ring substituents is 1. The Balaban J connectivity index is 2.05. The molecule has 1 aromatic rings. The number of hydrogen-bond donors (Lipinski definition) is 2. The Kier molecular flexibility index (Phi) is 4.57. The number of sulfonamides is 1. The van der Waals surface area contributed by atoms with Gasteiger partial charge in [0.1, 0.15) is 0 Å². The number of nitrogens with two attached hydrogens (primary N) is 1. The lowest BCUT2D eigenvalue weighted by atomic mass is 9.92. The zero-order valence-corrected chi connectivity index (χ0v) is 12.1. The van der Waals surface area contributed by atoms with Crippen LogP contribution in [0.4, 0.5) is 5.69 Å². The summed E-state index contributed by atoms with van der Waals surface area (Å²) in [7, 11) is -3.73. The molecule has 1 fully saturated rings. The topological polar surface area (TPSA) is 125 Å². The molecule has 116 valence electrons. The lowest BCUT2D eigenvalue weighted by Gasteiger charge is -2.33. The van der Waals surface area contributed by atoms with Gasteiger partial charge in [0.2, 0.25) is 10.0 Å². The zero-order valence-electron chi connectivity index (χ0n) is 11.3. The third-order valence-electron chi connectivity index (χ3n) is 3.46. The zero-order chi connectivity index (χ0) is 15.5. The van der Waals surface area contributed by atoms with Gasteiger partial charge in [-0.2, -0.15) is 0 Å². The average Bonchev–Trinajstić information content (AvgIpc) is 2.46. The van der Waals surface area contributed by atoms with Crippen molar-refractivity contribution in [1.29, 1.82) is 0 Å². The highest BCUT2D eigenvalue weighted by atomic mass is 32.2. The Morgan fingerprint density at radius 3 is 2.38 bits per heavy atom. The molecular formula is C12H17N3O5S. The minimum Gasteiger partial charge on any atom is -0.381 e. The van der Waals surface area contributed by atoms with E-state index in [9.17, 15) is 18.5 Å². The molecule has 0 bridgehead atoms. The van der Waals surface area contributed by atoms with E-state index in [1.54, 1.807) is 0 Å². The van der Waals surface area contributed by atoms with Crippen LogP contribution in [0.5, 0.6) is 0 Å². The van der Waals surface area contributed by atoms with Crippen molar-refractivity contribution in [3.8, 4) is 0 Å². The summed E-state index contributed by atoms with van der Waals surface area (Å²) in [6.45, 7) is 1.13. The summed E-state index contributed by atoms with van der Waals surface area (Å²) in [6.07, 6.45) is 1.16. The number of non-ortho nitro benzene ring substituents is 1. The Morgan fingerprint density at radius 1 is 1.29 bits per heavy atom. The van der Waals surface area contributed by atoms with E-state index < -0.39 is 20.5 Å². The first-order valence-corrected chi connectivity index (χ1v) is 7.92. The summed E-state index contributed by atoms with van der Waals surface area (Å²) in [5.41, 5.74) is 5.33. The van der Waals surface area contributed by atoms with Gasteiger partial charge >= 0.3 is 0 Å². The van der Waals surface area contributed by atoms with Gasteiger partial charge in [0.05, 0.1) is 9.82 Å². The quantitative estimate of drug-likeness (QED) is 0.598. The van der Waals surface area contributed by atoms with Gasteiger partial charge in [-0.15, -0.1) is 0 Å². The third kappa shape index (κ3) is 3.97. The van der Waals surface area contributed by atoms with Crippen molar-refractivity contribution in [3.05, 3.63) is 34.4 Å². The normalized spacial score (nSPS) is 18.3. The van der Waals surface area contributed by atoms with E-state index in [-0.39, 0.29) is 17.1 Å². The number of hydrogen-bond acceptors (Lipinski definition) is 6. The van der Waals surface area contributed by atoms with Crippen molar-refractivity contribution in [2.75, 3.05) is 19.8 Å². The smallest absolute Gasteiger partial charge is 0.269 e. The van der Waals surface area contributed by atoms with Crippen LogP contribution in [-0.4, -0.2) is 38.6 Å². The second-order valence-electron chi connectivity index (χ2n) is 5.05. The van der Waals surface area contributed by atoms with Crippen molar-refractivity contribution in [2.24, 2.45) is 5.73 Å². The van der Waals surface area contributed by atoms with Crippen molar-refractivity contribution in [1.82, 2.24) is 4.72 Å². The van der Waals surface area contributed by atoms with Gasteiger partial charge in [-0.25, -0.2) is 13.1 Å². The first-order valence-electron chi connectivity index (χ1n) is 6.43. The van der Waals surface area contributed by atoms with Gasteiger partial charge < -0.3 is 10.5 Å². The summed E-state index contributed by atoms with van der Waals surface area (Å²) in [5, 5.41) is 10.5. The van der Waals surface area contributed by atoms with Gasteiger partial charge in [-0.1, -0.05) is 0 Å². The molecule has 8 nitrogen and oxygen atoms in total. The van der Waals surface area contributed by atoms with Crippen LogP contribution in [-0.2, 0) is 14.8 Å². The monoisotopic (exact) mass is 315 g/mol. The van der Waals surface area contributed by atoms with E-state index >= 15 is 0 Å². The molecule has 0 radical (unpaired) electrons. The molecule has 1 heterocycles. The molecule has 1 aliphatic rings. The molecule has 2 rings (SSSR count). The molecule has 9 heteroatoms. The molecular weight excluding hydrogens is 298 g/mol. The molecule has 0 spiro atoms. The van der Waals surface area contributed by atoms with Crippen molar-refractivity contribution >= 4 is 15.7 Å². The summed E-state index contributed by atoms with van der Waals surface area (Å²) in [4.78, 5) is 9.94. The molecule has 0 amide bonds. The Hall–Kier alpha value is -1.55. The number of ether oxygens (including phenoxy) is 1. The van der Waals surface area contributed by atoms with Gasteiger partial charge in [0.25, 0.3) is 5.69 Å². The standard InChI is InChI=1S/C12H17N3O5S/c13-12(5-7-20-8-6-12)9-14-21(18,19)11-3-1-10(2-4-11)15(16)17/h1-4,14H,5-9,13H2. The SMILES string of the molecule is NC1(CNS(=O)(=O)c2ccc([N+](=O)[O-])cc2)CCOCC1. The van der Waals surface area contributed by atoms with Crippen molar-refractivity contribution in [3.63, 3.8) is 0 Å². The van der Waals surface area contributed by atoms with Crippen LogP contribution in [0.3, 0.4) is 0 Å². The lowest BCUT2D eigenvalue weighted by molar-refractivity contribution is -0.384. The molecule has 1 aromatic carbocycles. The molecule has 1 saturated heterocycles. The van der Waals surface area contributed by atoms with Gasteiger partial charge in [0, 0.05) is 37.4 Å². The van der Waals surface area contributed by atoms with E-state index in [1.165, 1.54) is 12.1 Å². The average molecular weight is 315 g/mol. The van der Waals surface area contributed by atoms with Gasteiger partial charge in [0.15, 0.2) is 0 Å².